The van der Waals surface area contributed by atoms with Crippen LogP contribution in [0.2, 0.25) is 0 Å². The van der Waals surface area contributed by atoms with Gasteiger partial charge in [-0.05, 0) is 62.8 Å². The summed E-state index contributed by atoms with van der Waals surface area (Å²) in [6.45, 7) is 6.48. The highest BCUT2D eigenvalue weighted by Gasteiger charge is 2.30. The molecule has 0 unspecified atom stereocenters. The van der Waals surface area contributed by atoms with E-state index < -0.39 is 0 Å². The molecule has 0 saturated heterocycles. The highest BCUT2D eigenvalue weighted by Crippen LogP contribution is 2.43. The molecule has 0 spiro atoms. The van der Waals surface area contributed by atoms with E-state index in [0.29, 0.717) is 29.5 Å². The van der Waals surface area contributed by atoms with Gasteiger partial charge in [-0.2, -0.15) is 0 Å². The van der Waals surface area contributed by atoms with Gasteiger partial charge in [0, 0.05) is 23.4 Å². The molecule has 1 fully saturated rings. The van der Waals surface area contributed by atoms with Crippen molar-refractivity contribution in [3.05, 3.63) is 64.1 Å². The van der Waals surface area contributed by atoms with Gasteiger partial charge < -0.3 is 5.32 Å². The van der Waals surface area contributed by atoms with Gasteiger partial charge in [-0.1, -0.05) is 19.1 Å². The third kappa shape index (κ3) is 4.63. The molecule has 1 aliphatic rings. The van der Waals surface area contributed by atoms with Gasteiger partial charge in [0.15, 0.2) is 17.3 Å². The van der Waals surface area contributed by atoms with Crippen LogP contribution in [0, 0.1) is 6.92 Å². The van der Waals surface area contributed by atoms with Gasteiger partial charge in [-0.3, -0.25) is 14.5 Å². The quantitative estimate of drug-likeness (QED) is 0.348. The summed E-state index contributed by atoms with van der Waals surface area (Å²) in [6, 6.07) is 7.80. The van der Waals surface area contributed by atoms with Crippen molar-refractivity contribution in [3.8, 4) is 11.4 Å². The summed E-state index contributed by atoms with van der Waals surface area (Å²) >= 11 is 1.20. The highest BCUT2D eigenvalue weighted by atomic mass is 32.2. The molecular weight excluding hydrogens is 460 g/mol. The molecule has 3 heterocycles. The van der Waals surface area contributed by atoms with Gasteiger partial charge in [-0.15, -0.1) is 0 Å². The van der Waals surface area contributed by atoms with E-state index in [1.165, 1.54) is 11.9 Å². The lowest BCUT2D eigenvalue weighted by Crippen LogP contribution is -2.28. The minimum Gasteiger partial charge on any atom is -0.361 e. The molecule has 0 radical (unpaired) electrons. The molecule has 0 bridgehead atoms. The predicted molar refractivity (Wildman–Crippen MR) is 138 cm³/mol. The lowest BCUT2D eigenvalue weighted by molar-refractivity contribution is 0.526. The summed E-state index contributed by atoms with van der Waals surface area (Å²) in [6.07, 6.45) is 6.29. The Morgan fingerprint density at radius 3 is 2.63 bits per heavy atom. The molecular formula is C25H28N8OS. The minimum atomic E-state index is -0.200. The van der Waals surface area contributed by atoms with Crippen LogP contribution in [-0.2, 0) is 6.54 Å². The molecule has 10 heteroatoms. The normalized spacial score (nSPS) is 14.3. The first-order valence-electron chi connectivity index (χ1n) is 11.8. The van der Waals surface area contributed by atoms with Crippen molar-refractivity contribution >= 4 is 28.9 Å². The maximum Gasteiger partial charge on any atom is 0.295 e. The molecule has 5 rings (SSSR count). The van der Waals surface area contributed by atoms with Crippen molar-refractivity contribution in [1.82, 2.24) is 29.5 Å². The van der Waals surface area contributed by atoms with E-state index in [2.05, 4.69) is 32.2 Å². The van der Waals surface area contributed by atoms with Crippen molar-refractivity contribution in [2.24, 2.45) is 5.14 Å². The predicted octanol–water partition coefficient (Wildman–Crippen LogP) is 4.38. The van der Waals surface area contributed by atoms with Crippen LogP contribution >= 0.6 is 11.9 Å². The summed E-state index contributed by atoms with van der Waals surface area (Å²) in [5.41, 5.74) is 4.60. The van der Waals surface area contributed by atoms with Gasteiger partial charge in [0.1, 0.15) is 11.8 Å². The molecule has 1 aliphatic carbocycles. The van der Waals surface area contributed by atoms with E-state index >= 15 is 0 Å². The average Bonchev–Trinajstić information content (AvgIpc) is 3.72. The number of rotatable bonds is 8. The second-order valence-electron chi connectivity index (χ2n) is 8.90. The standard InChI is InChI=1S/C25H28N8OS/c1-4-14(2)33-24-19(31-23(25(33)34)27-11-16-5-9-18(35-26)10-6-16)12-28-22(32-24)20-15(3)29-13-30-21(20)17-7-8-17/h5-6,9-10,12-14,17H,4,7-8,11,26H2,1-3H3,(H,27,31)/t14-/m1/s1. The first-order valence-corrected chi connectivity index (χ1v) is 12.7. The van der Waals surface area contributed by atoms with Crippen molar-refractivity contribution < 1.29 is 0 Å². The van der Waals surface area contributed by atoms with Crippen molar-refractivity contribution in [2.75, 3.05) is 5.32 Å². The maximum atomic E-state index is 13.5. The summed E-state index contributed by atoms with van der Waals surface area (Å²) in [7, 11) is 0. The number of nitrogens with two attached hydrogens (primary N) is 1. The van der Waals surface area contributed by atoms with E-state index in [0.717, 1.165) is 46.7 Å². The number of hydrogen-bond donors (Lipinski definition) is 2. The number of aromatic nitrogens is 6. The van der Waals surface area contributed by atoms with Gasteiger partial charge in [-0.25, -0.2) is 24.9 Å². The highest BCUT2D eigenvalue weighted by molar-refractivity contribution is 7.97. The first kappa shape index (κ1) is 23.4. The number of hydrogen-bond acceptors (Lipinski definition) is 9. The molecule has 35 heavy (non-hydrogen) atoms. The largest absolute Gasteiger partial charge is 0.361 e. The van der Waals surface area contributed by atoms with Crippen LogP contribution in [-0.4, -0.2) is 29.5 Å². The number of anilines is 1. The first-order chi connectivity index (χ1) is 17.0. The molecule has 1 saturated carbocycles. The summed E-state index contributed by atoms with van der Waals surface area (Å²) in [4.78, 5) is 37.5. The Kier molecular flexibility index (Phi) is 6.48. The van der Waals surface area contributed by atoms with Crippen LogP contribution in [0.3, 0.4) is 0 Å². The second-order valence-corrected chi connectivity index (χ2v) is 9.61. The third-order valence-electron chi connectivity index (χ3n) is 6.44. The van der Waals surface area contributed by atoms with E-state index in [1.807, 2.05) is 38.1 Å². The lowest BCUT2D eigenvalue weighted by Gasteiger charge is -2.18. The maximum absolute atomic E-state index is 13.5. The van der Waals surface area contributed by atoms with Crippen molar-refractivity contribution in [2.45, 2.75) is 63.4 Å². The third-order valence-corrected chi connectivity index (χ3v) is 6.98. The molecule has 0 aliphatic heterocycles. The molecule has 9 nitrogen and oxygen atoms in total. The monoisotopic (exact) mass is 488 g/mol. The summed E-state index contributed by atoms with van der Waals surface area (Å²) < 4.78 is 1.72. The number of nitrogens with one attached hydrogen (secondary N) is 1. The van der Waals surface area contributed by atoms with E-state index in [-0.39, 0.29) is 17.4 Å². The minimum absolute atomic E-state index is 0.0619. The van der Waals surface area contributed by atoms with Crippen LogP contribution < -0.4 is 16.0 Å². The molecule has 1 atom stereocenters. The SMILES string of the molecule is CC[C@@H](C)n1c(=O)c(NCc2ccc(SN)cc2)nc2cnc(-c3c(C)ncnc3C3CC3)nc21. The van der Waals surface area contributed by atoms with E-state index in [1.54, 1.807) is 17.1 Å². The zero-order valence-electron chi connectivity index (χ0n) is 20.0. The topological polar surface area (TPSA) is 124 Å². The number of benzene rings is 1. The molecule has 1 aromatic carbocycles. The molecule has 3 N–H and O–H groups in total. The number of aryl methyl sites for hydroxylation is 1. The average molecular weight is 489 g/mol. The Morgan fingerprint density at radius 1 is 1.17 bits per heavy atom. The smallest absolute Gasteiger partial charge is 0.295 e. The van der Waals surface area contributed by atoms with E-state index in [9.17, 15) is 4.79 Å². The number of nitrogens with zero attached hydrogens (tertiary/aromatic N) is 6. The van der Waals surface area contributed by atoms with Crippen LogP contribution in [0.1, 0.15) is 62.0 Å². The molecule has 3 aromatic heterocycles. The molecule has 0 amide bonds. The van der Waals surface area contributed by atoms with Gasteiger partial charge in [0.05, 0.1) is 23.1 Å². The Balaban J connectivity index is 1.57. The fourth-order valence-electron chi connectivity index (χ4n) is 4.13. The van der Waals surface area contributed by atoms with Crippen molar-refractivity contribution in [3.63, 3.8) is 0 Å². The fraction of sp³-hybridized carbons (Fsp3) is 0.360. The Hall–Kier alpha value is -3.37. The second kappa shape index (κ2) is 9.71. The Labute approximate surface area is 207 Å². The van der Waals surface area contributed by atoms with Crippen molar-refractivity contribution in [1.29, 1.82) is 0 Å². The van der Waals surface area contributed by atoms with Crippen LogP contribution in [0.5, 0.6) is 0 Å². The van der Waals surface area contributed by atoms with Crippen LogP contribution in [0.4, 0.5) is 5.82 Å². The van der Waals surface area contributed by atoms with Gasteiger partial charge in [0.25, 0.3) is 5.56 Å². The lowest BCUT2D eigenvalue weighted by atomic mass is 10.1. The Morgan fingerprint density at radius 2 is 1.94 bits per heavy atom. The van der Waals surface area contributed by atoms with Crippen LogP contribution in [0.25, 0.3) is 22.6 Å². The molecule has 180 valence electrons. The Bertz CT molecular complexity index is 1430. The van der Waals surface area contributed by atoms with E-state index in [4.69, 9.17) is 10.1 Å². The molecule has 4 aromatic rings. The van der Waals surface area contributed by atoms with Crippen LogP contribution in [0.15, 0.2) is 46.5 Å². The summed E-state index contributed by atoms with van der Waals surface area (Å²) in [5.74, 6) is 1.24. The summed E-state index contributed by atoms with van der Waals surface area (Å²) in [5, 5.41) is 8.81. The fourth-order valence-corrected chi connectivity index (χ4v) is 4.43. The van der Waals surface area contributed by atoms with Gasteiger partial charge >= 0.3 is 0 Å². The zero-order valence-corrected chi connectivity index (χ0v) is 20.8. The van der Waals surface area contributed by atoms with Gasteiger partial charge in [0.2, 0.25) is 0 Å². The number of fused-ring (bicyclic) bond motifs is 1. The zero-order chi connectivity index (χ0) is 24.5.